The Morgan fingerprint density at radius 1 is 1.30 bits per heavy atom. The van der Waals surface area contributed by atoms with Crippen molar-refractivity contribution < 1.29 is 22.7 Å². The molecular weight excluding hydrogens is 377 g/mol. The summed E-state index contributed by atoms with van der Waals surface area (Å²) in [5, 5.41) is 0. The molecule has 0 radical (unpaired) electrons. The Morgan fingerprint density at radius 2 is 2.07 bits per heavy atom. The molecule has 0 bridgehead atoms. The van der Waals surface area contributed by atoms with Gasteiger partial charge >= 0.3 is 6.18 Å². The molecule has 8 heteroatoms. The van der Waals surface area contributed by atoms with Crippen molar-refractivity contribution in [2.24, 2.45) is 4.99 Å². The number of aromatic nitrogens is 1. The molecule has 0 saturated carbocycles. The van der Waals surface area contributed by atoms with Crippen LogP contribution in [0.15, 0.2) is 60.1 Å². The molecule has 1 aromatic heterocycles. The van der Waals surface area contributed by atoms with Crippen LogP contribution in [0.1, 0.15) is 15.9 Å². The highest BCUT2D eigenvalue weighted by atomic mass is 32.1. The maximum absolute atomic E-state index is 12.9. The Balaban J connectivity index is 2.10. The molecule has 2 aromatic carbocycles. The third-order valence-electron chi connectivity index (χ3n) is 3.84. The number of allylic oxidation sites excluding steroid dienone is 1. The zero-order valence-electron chi connectivity index (χ0n) is 14.3. The van der Waals surface area contributed by atoms with Gasteiger partial charge < -0.3 is 9.30 Å². The minimum absolute atomic E-state index is 0.120. The van der Waals surface area contributed by atoms with Crippen LogP contribution in [-0.4, -0.2) is 17.6 Å². The van der Waals surface area contributed by atoms with E-state index in [1.165, 1.54) is 23.5 Å². The van der Waals surface area contributed by atoms with Crippen LogP contribution in [-0.2, 0) is 12.7 Å². The maximum Gasteiger partial charge on any atom is 0.416 e. The van der Waals surface area contributed by atoms with Crippen LogP contribution in [0.3, 0.4) is 0 Å². The summed E-state index contributed by atoms with van der Waals surface area (Å²) in [6.07, 6.45) is -2.86. The van der Waals surface area contributed by atoms with Gasteiger partial charge in [-0.25, -0.2) is 0 Å². The molecule has 1 amide bonds. The lowest BCUT2D eigenvalue weighted by molar-refractivity contribution is -0.137. The van der Waals surface area contributed by atoms with Crippen molar-refractivity contribution in [3.63, 3.8) is 0 Å². The molecule has 3 aromatic rings. The number of benzene rings is 2. The lowest BCUT2D eigenvalue weighted by Gasteiger charge is -2.06. The molecule has 0 aliphatic heterocycles. The van der Waals surface area contributed by atoms with Crippen molar-refractivity contribution in [1.82, 2.24) is 4.57 Å². The number of carbonyl (C=O) groups is 1. The summed E-state index contributed by atoms with van der Waals surface area (Å²) in [6, 6.07) is 9.66. The molecule has 140 valence electrons. The van der Waals surface area contributed by atoms with Crippen molar-refractivity contribution >= 4 is 27.5 Å². The summed E-state index contributed by atoms with van der Waals surface area (Å²) in [6.45, 7) is 4.10. The number of fused-ring (bicyclic) bond motifs is 1. The number of ether oxygens (including phenoxy) is 1. The third-order valence-corrected chi connectivity index (χ3v) is 4.88. The Kier molecular flexibility index (Phi) is 5.18. The van der Waals surface area contributed by atoms with Crippen LogP contribution < -0.4 is 9.54 Å². The zero-order valence-corrected chi connectivity index (χ0v) is 15.1. The molecule has 0 spiro atoms. The highest BCUT2D eigenvalue weighted by Gasteiger charge is 2.30. The van der Waals surface area contributed by atoms with Crippen molar-refractivity contribution in [3.05, 3.63) is 71.0 Å². The second-order valence-electron chi connectivity index (χ2n) is 5.61. The molecule has 0 atom stereocenters. The fourth-order valence-electron chi connectivity index (χ4n) is 2.55. The van der Waals surface area contributed by atoms with Gasteiger partial charge in [0.15, 0.2) is 4.80 Å². The average Bonchev–Trinajstić information content (AvgIpc) is 2.97. The van der Waals surface area contributed by atoms with Gasteiger partial charge in [0.2, 0.25) is 0 Å². The highest BCUT2D eigenvalue weighted by molar-refractivity contribution is 7.16. The number of halogens is 3. The quantitative estimate of drug-likeness (QED) is 0.607. The summed E-state index contributed by atoms with van der Waals surface area (Å²) in [4.78, 5) is 16.9. The Labute approximate surface area is 156 Å². The fourth-order valence-corrected chi connectivity index (χ4v) is 3.62. The normalized spacial score (nSPS) is 12.4. The average molecular weight is 392 g/mol. The van der Waals surface area contributed by atoms with Crippen LogP contribution >= 0.6 is 11.3 Å². The van der Waals surface area contributed by atoms with Gasteiger partial charge in [0.1, 0.15) is 5.75 Å². The molecule has 0 aliphatic carbocycles. The van der Waals surface area contributed by atoms with E-state index in [1.54, 1.807) is 23.8 Å². The van der Waals surface area contributed by atoms with Crippen LogP contribution in [0.4, 0.5) is 13.2 Å². The summed E-state index contributed by atoms with van der Waals surface area (Å²) in [7, 11) is 1.55. The lowest BCUT2D eigenvalue weighted by Crippen LogP contribution is -2.16. The van der Waals surface area contributed by atoms with Crippen molar-refractivity contribution in [1.29, 1.82) is 0 Å². The number of hydrogen-bond donors (Lipinski definition) is 0. The number of alkyl halides is 3. The van der Waals surface area contributed by atoms with Crippen LogP contribution in [0.5, 0.6) is 5.75 Å². The van der Waals surface area contributed by atoms with Gasteiger partial charge in [-0.2, -0.15) is 18.2 Å². The smallest absolute Gasteiger partial charge is 0.416 e. The minimum Gasteiger partial charge on any atom is -0.497 e. The van der Waals surface area contributed by atoms with Gasteiger partial charge in [-0.15, -0.1) is 6.58 Å². The molecule has 1 heterocycles. The largest absolute Gasteiger partial charge is 0.497 e. The summed E-state index contributed by atoms with van der Waals surface area (Å²) >= 11 is 1.25. The first-order valence-corrected chi connectivity index (χ1v) is 8.69. The first kappa shape index (κ1) is 18.9. The highest BCUT2D eigenvalue weighted by Crippen LogP contribution is 2.29. The van der Waals surface area contributed by atoms with E-state index < -0.39 is 17.6 Å². The number of rotatable bonds is 4. The molecule has 0 aliphatic rings. The van der Waals surface area contributed by atoms with Gasteiger partial charge in [0, 0.05) is 12.1 Å². The van der Waals surface area contributed by atoms with E-state index in [0.717, 1.165) is 22.3 Å². The minimum atomic E-state index is -4.52. The second-order valence-corrected chi connectivity index (χ2v) is 6.62. The topological polar surface area (TPSA) is 43.6 Å². The van der Waals surface area contributed by atoms with Gasteiger partial charge in [-0.05, 0) is 36.4 Å². The SMILES string of the molecule is C=CCn1c(=NC(=O)c2cccc(C(F)(F)F)c2)sc2cc(OC)ccc21. The molecule has 27 heavy (non-hydrogen) atoms. The number of carbonyl (C=O) groups excluding carboxylic acids is 1. The Hall–Kier alpha value is -2.87. The van der Waals surface area contributed by atoms with Crippen molar-refractivity contribution in [2.75, 3.05) is 7.11 Å². The number of nitrogens with zero attached hydrogens (tertiary/aromatic N) is 2. The van der Waals surface area contributed by atoms with E-state index >= 15 is 0 Å². The molecule has 0 N–H and O–H groups in total. The van der Waals surface area contributed by atoms with E-state index in [9.17, 15) is 18.0 Å². The molecule has 3 rings (SSSR count). The lowest BCUT2D eigenvalue weighted by atomic mass is 10.1. The first-order valence-electron chi connectivity index (χ1n) is 7.88. The van der Waals surface area contributed by atoms with Gasteiger partial charge in [0.05, 0.1) is 22.9 Å². The maximum atomic E-state index is 12.9. The van der Waals surface area contributed by atoms with E-state index in [-0.39, 0.29) is 5.56 Å². The molecule has 0 unspecified atom stereocenters. The van der Waals surface area contributed by atoms with Crippen LogP contribution in [0.2, 0.25) is 0 Å². The monoisotopic (exact) mass is 392 g/mol. The third kappa shape index (κ3) is 3.95. The molecule has 4 nitrogen and oxygen atoms in total. The van der Waals surface area contributed by atoms with Crippen molar-refractivity contribution in [3.8, 4) is 5.75 Å². The zero-order chi connectivity index (χ0) is 19.6. The number of hydrogen-bond acceptors (Lipinski definition) is 3. The Bertz CT molecular complexity index is 1080. The number of thiazole rings is 1. The van der Waals surface area contributed by atoms with Gasteiger partial charge in [-0.3, -0.25) is 4.79 Å². The van der Waals surface area contributed by atoms with E-state index in [0.29, 0.717) is 17.1 Å². The fraction of sp³-hybridized carbons (Fsp3) is 0.158. The molecule has 0 saturated heterocycles. The first-order chi connectivity index (χ1) is 12.8. The summed E-state index contributed by atoms with van der Waals surface area (Å²) in [5.41, 5.74) is -0.176. The Morgan fingerprint density at radius 3 is 2.74 bits per heavy atom. The van der Waals surface area contributed by atoms with Crippen LogP contribution in [0, 0.1) is 0 Å². The summed E-state index contributed by atoms with van der Waals surface area (Å²) in [5.74, 6) is -0.0808. The second kappa shape index (κ2) is 7.40. The van der Waals surface area contributed by atoms with E-state index in [4.69, 9.17) is 4.74 Å². The number of methoxy groups -OCH3 is 1. The van der Waals surface area contributed by atoms with Crippen molar-refractivity contribution in [2.45, 2.75) is 12.7 Å². The van der Waals surface area contributed by atoms with Gasteiger partial charge in [0.25, 0.3) is 5.91 Å². The van der Waals surface area contributed by atoms with E-state index in [1.807, 2.05) is 12.1 Å². The van der Waals surface area contributed by atoms with E-state index in [2.05, 4.69) is 11.6 Å². The predicted octanol–water partition coefficient (Wildman–Crippen LogP) is 4.66. The predicted molar refractivity (Wildman–Crippen MR) is 97.9 cm³/mol. The summed E-state index contributed by atoms with van der Waals surface area (Å²) < 4.78 is 46.4. The molecular formula is C19H15F3N2O2S. The molecule has 0 fully saturated rings. The van der Waals surface area contributed by atoms with Gasteiger partial charge in [-0.1, -0.05) is 23.5 Å². The standard InChI is InChI=1S/C19H15F3N2O2S/c1-3-9-24-15-8-7-14(26-2)11-16(15)27-18(24)23-17(25)12-5-4-6-13(10-12)19(20,21)22/h3-8,10-11H,1,9H2,2H3. The number of amides is 1. The van der Waals surface area contributed by atoms with Crippen LogP contribution in [0.25, 0.3) is 10.2 Å².